The molecule has 2 bridgehead atoms. The largest absolute Gasteiger partial charge is 0.497 e. The number of ether oxygens (including phenoxy) is 3. The Morgan fingerprint density at radius 1 is 1.12 bits per heavy atom. The maximum atomic E-state index is 14.2. The average Bonchev–Trinajstić information content (AvgIpc) is 3.61. The van der Waals surface area contributed by atoms with E-state index in [0.717, 1.165) is 32.4 Å². The number of anilines is 1. The first-order valence-corrected chi connectivity index (χ1v) is 14.6. The lowest BCUT2D eigenvalue weighted by Crippen LogP contribution is -2.58. The van der Waals surface area contributed by atoms with Gasteiger partial charge in [0.25, 0.3) is 0 Å². The van der Waals surface area contributed by atoms with Gasteiger partial charge in [-0.2, -0.15) is 0 Å². The fourth-order valence-corrected chi connectivity index (χ4v) is 7.30. The number of fused-ring (bicyclic) bond motifs is 1. The number of nitrogens with one attached hydrogen (secondary N) is 2. The van der Waals surface area contributed by atoms with E-state index in [2.05, 4.69) is 22.5 Å². The van der Waals surface area contributed by atoms with Crippen molar-refractivity contribution < 1.29 is 28.6 Å². The van der Waals surface area contributed by atoms with Crippen LogP contribution in [0, 0.1) is 17.8 Å². The number of methoxy groups -OCH3 is 1. The molecule has 7 atom stereocenters. The van der Waals surface area contributed by atoms with Gasteiger partial charge in [-0.05, 0) is 30.9 Å². The predicted molar refractivity (Wildman–Crippen MR) is 148 cm³/mol. The number of hydrogen-bond acceptors (Lipinski definition) is 7. The van der Waals surface area contributed by atoms with E-state index in [-0.39, 0.29) is 23.8 Å². The highest BCUT2D eigenvalue weighted by molar-refractivity contribution is 6.02. The van der Waals surface area contributed by atoms with E-state index in [1.165, 1.54) is 6.42 Å². The van der Waals surface area contributed by atoms with Crippen molar-refractivity contribution in [3.05, 3.63) is 36.4 Å². The van der Waals surface area contributed by atoms with Crippen LogP contribution in [0.1, 0.15) is 32.6 Å². The Kier molecular flexibility index (Phi) is 7.58. The molecule has 5 aliphatic rings. The second-order valence-corrected chi connectivity index (χ2v) is 11.8. The van der Waals surface area contributed by atoms with Crippen LogP contribution < -0.4 is 15.4 Å². The predicted octanol–water partition coefficient (Wildman–Crippen LogP) is 1.81. The molecule has 1 aromatic carbocycles. The van der Waals surface area contributed by atoms with Gasteiger partial charge in [0.1, 0.15) is 17.4 Å². The molecule has 0 aromatic heterocycles. The summed E-state index contributed by atoms with van der Waals surface area (Å²) in [4.78, 5) is 45.8. The monoisotopic (exact) mass is 552 g/mol. The summed E-state index contributed by atoms with van der Waals surface area (Å²) in [6.07, 6.45) is 7.43. The maximum Gasteiger partial charge on any atom is 0.246 e. The highest BCUT2D eigenvalue weighted by Crippen LogP contribution is 2.55. The van der Waals surface area contributed by atoms with Gasteiger partial charge in [0.2, 0.25) is 17.7 Å². The van der Waals surface area contributed by atoms with Crippen LogP contribution in [0.25, 0.3) is 0 Å². The Morgan fingerprint density at radius 3 is 2.70 bits per heavy atom. The van der Waals surface area contributed by atoms with Crippen LogP contribution in [0.15, 0.2) is 36.4 Å². The summed E-state index contributed by atoms with van der Waals surface area (Å²) < 4.78 is 17.3. The van der Waals surface area contributed by atoms with Crippen molar-refractivity contribution in [3.8, 4) is 5.75 Å². The number of morpholine rings is 1. The Morgan fingerprint density at radius 2 is 1.93 bits per heavy atom. The SMILES string of the molecule is COc1cccc(NC(=O)[C@H]2[C@H]3C=C[C@@]4(O3)[C@H]2C(=O)N(CCN2CCOCC2)[C@@H]4C(=O)N[C@H]2CCCC[C@H]2C)c1. The van der Waals surface area contributed by atoms with Gasteiger partial charge in [0.15, 0.2) is 0 Å². The van der Waals surface area contributed by atoms with Crippen molar-refractivity contribution in [2.75, 3.05) is 51.8 Å². The van der Waals surface area contributed by atoms with Gasteiger partial charge in [-0.25, -0.2) is 0 Å². The molecule has 3 amide bonds. The first-order chi connectivity index (χ1) is 19.4. The molecule has 4 heterocycles. The number of likely N-dealkylation sites (tertiary alicyclic amines) is 1. The number of nitrogens with zero attached hydrogens (tertiary/aromatic N) is 2. The molecule has 1 spiro atoms. The zero-order valence-corrected chi connectivity index (χ0v) is 23.3. The third kappa shape index (κ3) is 4.80. The van der Waals surface area contributed by atoms with E-state index in [0.29, 0.717) is 43.7 Å². The number of benzene rings is 1. The number of rotatable bonds is 8. The summed E-state index contributed by atoms with van der Waals surface area (Å²) in [5, 5.41) is 6.25. The summed E-state index contributed by atoms with van der Waals surface area (Å²) in [7, 11) is 1.57. The summed E-state index contributed by atoms with van der Waals surface area (Å²) in [5.74, 6) is -1.17. The van der Waals surface area contributed by atoms with Crippen molar-refractivity contribution in [2.45, 2.75) is 56.4 Å². The van der Waals surface area contributed by atoms with Crippen LogP contribution in [0.5, 0.6) is 5.75 Å². The molecule has 1 aliphatic carbocycles. The van der Waals surface area contributed by atoms with Crippen molar-refractivity contribution >= 4 is 23.4 Å². The normalized spacial score (nSPS) is 35.0. The van der Waals surface area contributed by atoms with Crippen LogP contribution in [0.4, 0.5) is 5.69 Å². The summed E-state index contributed by atoms with van der Waals surface area (Å²) in [6.45, 7) is 6.09. The Balaban J connectivity index is 1.27. The van der Waals surface area contributed by atoms with Crippen LogP contribution in [-0.2, 0) is 23.9 Å². The third-order valence-corrected chi connectivity index (χ3v) is 9.46. The van der Waals surface area contributed by atoms with Crippen LogP contribution in [0.3, 0.4) is 0 Å². The number of amides is 3. The van der Waals surface area contributed by atoms with E-state index in [1.54, 1.807) is 36.3 Å². The van der Waals surface area contributed by atoms with Crippen molar-refractivity contribution in [1.82, 2.24) is 15.1 Å². The van der Waals surface area contributed by atoms with E-state index >= 15 is 0 Å². The van der Waals surface area contributed by atoms with Crippen LogP contribution >= 0.6 is 0 Å². The lowest BCUT2D eigenvalue weighted by atomic mass is 9.74. The molecule has 4 fully saturated rings. The highest BCUT2D eigenvalue weighted by atomic mass is 16.5. The molecule has 10 heteroatoms. The molecule has 6 rings (SSSR count). The lowest BCUT2D eigenvalue weighted by molar-refractivity contribution is -0.142. The quantitative estimate of drug-likeness (QED) is 0.474. The number of carbonyl (C=O) groups excluding carboxylic acids is 3. The van der Waals surface area contributed by atoms with Crippen molar-refractivity contribution in [3.63, 3.8) is 0 Å². The van der Waals surface area contributed by atoms with E-state index in [1.807, 2.05) is 12.2 Å². The number of hydrogen-bond donors (Lipinski definition) is 2. The molecule has 0 radical (unpaired) electrons. The van der Waals surface area contributed by atoms with Gasteiger partial charge in [-0.3, -0.25) is 19.3 Å². The van der Waals surface area contributed by atoms with E-state index in [9.17, 15) is 14.4 Å². The molecule has 216 valence electrons. The first kappa shape index (κ1) is 27.2. The molecule has 1 aromatic rings. The molecular weight excluding hydrogens is 512 g/mol. The molecular formula is C30H40N4O6. The fourth-order valence-electron chi connectivity index (χ4n) is 7.30. The topological polar surface area (TPSA) is 109 Å². The maximum absolute atomic E-state index is 14.2. The summed E-state index contributed by atoms with van der Waals surface area (Å²) in [5.41, 5.74) is -0.578. The van der Waals surface area contributed by atoms with Gasteiger partial charge in [-0.1, -0.05) is 38.0 Å². The second kappa shape index (κ2) is 11.1. The van der Waals surface area contributed by atoms with E-state index in [4.69, 9.17) is 14.2 Å². The average molecular weight is 553 g/mol. The minimum atomic E-state index is -1.16. The third-order valence-electron chi connectivity index (χ3n) is 9.46. The molecule has 0 unspecified atom stereocenters. The highest BCUT2D eigenvalue weighted by Gasteiger charge is 2.72. The molecule has 40 heavy (non-hydrogen) atoms. The first-order valence-electron chi connectivity index (χ1n) is 14.6. The zero-order chi connectivity index (χ0) is 27.9. The lowest BCUT2D eigenvalue weighted by Gasteiger charge is -2.36. The minimum Gasteiger partial charge on any atom is -0.497 e. The van der Waals surface area contributed by atoms with E-state index < -0.39 is 29.6 Å². The number of carbonyl (C=O) groups is 3. The fraction of sp³-hybridized carbons (Fsp3) is 0.633. The Labute approximate surface area is 235 Å². The smallest absolute Gasteiger partial charge is 0.246 e. The standard InChI is InChI=1S/C30H40N4O6/c1-19-6-3-4-9-22(19)32-28(36)26-30-11-10-23(40-30)24(27(35)31-20-7-5-8-21(18-20)38-2)25(30)29(37)34(26)13-12-33-14-16-39-17-15-33/h5,7-8,10-11,18-19,22-26H,3-4,6,9,12-17H2,1-2H3,(H,31,35)(H,32,36)/t19-,22+,23-,24+,25-,26-,30-/m1/s1. The summed E-state index contributed by atoms with van der Waals surface area (Å²) >= 11 is 0. The zero-order valence-electron chi connectivity index (χ0n) is 23.3. The van der Waals surface area contributed by atoms with Crippen LogP contribution in [0.2, 0.25) is 0 Å². The van der Waals surface area contributed by atoms with Crippen molar-refractivity contribution in [1.29, 1.82) is 0 Å². The molecule has 10 nitrogen and oxygen atoms in total. The van der Waals surface area contributed by atoms with Gasteiger partial charge in [-0.15, -0.1) is 0 Å². The second-order valence-electron chi connectivity index (χ2n) is 11.8. The minimum absolute atomic E-state index is 0.0719. The van der Waals surface area contributed by atoms with Gasteiger partial charge < -0.3 is 29.7 Å². The van der Waals surface area contributed by atoms with Crippen molar-refractivity contribution in [2.24, 2.45) is 17.8 Å². The Hall–Kier alpha value is -2.95. The van der Waals surface area contributed by atoms with Gasteiger partial charge in [0.05, 0.1) is 38.3 Å². The van der Waals surface area contributed by atoms with Gasteiger partial charge in [0, 0.05) is 44.0 Å². The molecule has 3 saturated heterocycles. The van der Waals surface area contributed by atoms with Gasteiger partial charge >= 0.3 is 0 Å². The molecule has 4 aliphatic heterocycles. The van der Waals surface area contributed by atoms with Crippen LogP contribution in [-0.4, -0.2) is 97.8 Å². The molecule has 1 saturated carbocycles. The molecule has 2 N–H and O–H groups in total. The Bertz CT molecular complexity index is 1170. The summed E-state index contributed by atoms with van der Waals surface area (Å²) in [6, 6.07) is 6.38.